The van der Waals surface area contributed by atoms with Crippen LogP contribution in [0.3, 0.4) is 0 Å². The number of urea groups is 1. The largest absolute Gasteiger partial charge is 0.467 e. The summed E-state index contributed by atoms with van der Waals surface area (Å²) in [7, 11) is 0. The minimum atomic E-state index is -4.53. The fourth-order valence-electron chi connectivity index (χ4n) is 3.47. The Balaban J connectivity index is 1.31. The highest BCUT2D eigenvalue weighted by molar-refractivity contribution is 5.89. The van der Waals surface area contributed by atoms with Crippen molar-refractivity contribution in [2.24, 2.45) is 0 Å². The molecule has 0 radical (unpaired) electrons. The molecule has 0 atom stereocenters. The first kappa shape index (κ1) is 22.1. The Morgan fingerprint density at radius 3 is 2.60 bits per heavy atom. The normalized spacial score (nSPS) is 11.5. The topological polar surface area (TPSA) is 97.9 Å². The summed E-state index contributed by atoms with van der Waals surface area (Å²) in [6, 6.07) is 14.0. The van der Waals surface area contributed by atoms with E-state index in [1.165, 1.54) is 29.3 Å². The number of fused-ring (bicyclic) bond motifs is 1. The molecule has 0 spiro atoms. The molecule has 8 nitrogen and oxygen atoms in total. The fourth-order valence-corrected chi connectivity index (χ4v) is 3.47. The third kappa shape index (κ3) is 4.83. The molecule has 0 aliphatic heterocycles. The van der Waals surface area contributed by atoms with Crippen molar-refractivity contribution in [2.75, 3.05) is 5.32 Å². The highest BCUT2D eigenvalue weighted by atomic mass is 19.4. The predicted molar refractivity (Wildman–Crippen MR) is 122 cm³/mol. The van der Waals surface area contributed by atoms with E-state index in [0.717, 1.165) is 17.2 Å². The quantitative estimate of drug-likeness (QED) is 0.352. The third-order valence-corrected chi connectivity index (χ3v) is 5.16. The molecule has 0 fully saturated rings. The molecule has 35 heavy (non-hydrogen) atoms. The van der Waals surface area contributed by atoms with Gasteiger partial charge in [-0.05, 0) is 48.0 Å². The lowest BCUT2D eigenvalue weighted by Crippen LogP contribution is -2.27. The lowest BCUT2D eigenvalue weighted by Gasteiger charge is -2.09. The summed E-state index contributed by atoms with van der Waals surface area (Å²) < 4.78 is 45.7. The van der Waals surface area contributed by atoms with Gasteiger partial charge in [-0.15, -0.1) is 0 Å². The number of nitrogens with one attached hydrogen (secondary N) is 2. The number of rotatable bonds is 5. The van der Waals surface area contributed by atoms with Gasteiger partial charge in [0.1, 0.15) is 11.5 Å². The van der Waals surface area contributed by atoms with Gasteiger partial charge in [-0.2, -0.15) is 18.3 Å². The second-order valence-corrected chi connectivity index (χ2v) is 7.53. The van der Waals surface area contributed by atoms with Crippen LogP contribution in [0.15, 0.2) is 83.9 Å². The number of aromatic nitrogens is 4. The smallest absolute Gasteiger partial charge is 0.433 e. The van der Waals surface area contributed by atoms with Crippen molar-refractivity contribution in [3.05, 3.63) is 90.9 Å². The maximum atomic E-state index is 13.0. The van der Waals surface area contributed by atoms with Crippen molar-refractivity contribution in [1.82, 2.24) is 25.1 Å². The first-order valence-corrected chi connectivity index (χ1v) is 10.4. The number of benzene rings is 1. The molecule has 2 amide bonds. The molecule has 5 aromatic rings. The predicted octanol–water partition coefficient (Wildman–Crippen LogP) is 5.42. The first-order valence-electron chi connectivity index (χ1n) is 10.4. The molecule has 4 heterocycles. The van der Waals surface area contributed by atoms with Crippen molar-refractivity contribution in [3.63, 3.8) is 0 Å². The van der Waals surface area contributed by atoms with E-state index in [0.29, 0.717) is 22.7 Å². The van der Waals surface area contributed by atoms with E-state index in [1.54, 1.807) is 36.7 Å². The summed E-state index contributed by atoms with van der Waals surface area (Å²) in [4.78, 5) is 20.0. The van der Waals surface area contributed by atoms with E-state index < -0.39 is 11.9 Å². The van der Waals surface area contributed by atoms with Crippen molar-refractivity contribution >= 4 is 22.6 Å². The highest BCUT2D eigenvalue weighted by Gasteiger charge is 2.32. The molecular weight excluding hydrogens is 461 g/mol. The van der Waals surface area contributed by atoms with Crippen LogP contribution in [0.5, 0.6) is 0 Å². The summed E-state index contributed by atoms with van der Waals surface area (Å²) in [5, 5.41) is 10.2. The lowest BCUT2D eigenvalue weighted by atomic mass is 10.1. The lowest BCUT2D eigenvalue weighted by molar-refractivity contribution is -0.140. The Morgan fingerprint density at radius 2 is 1.86 bits per heavy atom. The molecule has 0 unspecified atom stereocenters. The molecule has 176 valence electrons. The molecule has 0 saturated carbocycles. The van der Waals surface area contributed by atoms with Gasteiger partial charge in [0.05, 0.1) is 24.5 Å². The van der Waals surface area contributed by atoms with Gasteiger partial charge < -0.3 is 15.1 Å². The van der Waals surface area contributed by atoms with Crippen LogP contribution < -0.4 is 10.6 Å². The van der Waals surface area contributed by atoms with E-state index in [4.69, 9.17) is 4.42 Å². The monoisotopic (exact) mass is 478 g/mol. The molecule has 0 aliphatic rings. The van der Waals surface area contributed by atoms with Crippen LogP contribution in [0.2, 0.25) is 0 Å². The minimum absolute atomic E-state index is 0.169. The number of amides is 2. The van der Waals surface area contributed by atoms with Gasteiger partial charge >= 0.3 is 12.2 Å². The van der Waals surface area contributed by atoms with Crippen molar-refractivity contribution in [2.45, 2.75) is 12.7 Å². The average Bonchev–Trinajstić information content (AvgIpc) is 3.54. The number of carbonyl (C=O) groups is 1. The summed E-state index contributed by atoms with van der Waals surface area (Å²) in [6.45, 7) is 0.269. The molecule has 2 N–H and O–H groups in total. The van der Waals surface area contributed by atoms with Gasteiger partial charge in [0.15, 0.2) is 5.82 Å². The van der Waals surface area contributed by atoms with Crippen LogP contribution in [0.4, 0.5) is 23.7 Å². The molecule has 0 bridgehead atoms. The van der Waals surface area contributed by atoms with Gasteiger partial charge in [-0.3, -0.25) is 0 Å². The summed E-state index contributed by atoms with van der Waals surface area (Å²) in [5.74, 6) is 1.01. The zero-order valence-electron chi connectivity index (χ0n) is 18.0. The van der Waals surface area contributed by atoms with E-state index >= 15 is 0 Å². The van der Waals surface area contributed by atoms with E-state index in [-0.39, 0.29) is 18.1 Å². The number of hydrogen-bond acceptors (Lipinski definition) is 5. The second-order valence-electron chi connectivity index (χ2n) is 7.53. The van der Waals surface area contributed by atoms with Crippen LogP contribution in [-0.2, 0) is 12.7 Å². The molecule has 0 aliphatic carbocycles. The SMILES string of the molecule is O=C(NCc1ccco1)Nc1ccc(-c2cnn(-c3nccc4nc(C(F)(F)F)ccc34)c2)cc1. The number of furan rings is 1. The van der Waals surface area contributed by atoms with Gasteiger partial charge in [-0.1, -0.05) is 12.1 Å². The third-order valence-electron chi connectivity index (χ3n) is 5.16. The standard InChI is InChI=1S/C24H17F3N6O2/c25-24(26,27)21-8-7-19-20(32-21)9-10-28-22(19)33-14-16(12-30-33)15-3-5-17(6-4-15)31-23(34)29-13-18-2-1-11-35-18/h1-12,14H,13H2,(H2,29,31,34). The molecule has 11 heteroatoms. The van der Waals surface area contributed by atoms with E-state index in [2.05, 4.69) is 25.7 Å². The van der Waals surface area contributed by atoms with Crippen LogP contribution in [0.1, 0.15) is 11.5 Å². The Labute approximate surface area is 196 Å². The van der Waals surface area contributed by atoms with Crippen LogP contribution in [-0.4, -0.2) is 25.8 Å². The Hall–Kier alpha value is -4.67. The van der Waals surface area contributed by atoms with Crippen LogP contribution in [0, 0.1) is 0 Å². The Bertz CT molecular complexity index is 1480. The number of nitrogens with zero attached hydrogens (tertiary/aromatic N) is 4. The minimum Gasteiger partial charge on any atom is -0.467 e. The Kier molecular flexibility index (Phi) is 5.65. The first-order chi connectivity index (χ1) is 16.9. The number of pyridine rings is 2. The average molecular weight is 478 g/mol. The van der Waals surface area contributed by atoms with Gasteiger partial charge in [-0.25, -0.2) is 19.4 Å². The second kappa shape index (κ2) is 8.93. The van der Waals surface area contributed by atoms with E-state index in [1.807, 2.05) is 12.1 Å². The van der Waals surface area contributed by atoms with Crippen molar-refractivity contribution in [3.8, 4) is 16.9 Å². The van der Waals surface area contributed by atoms with Crippen molar-refractivity contribution < 1.29 is 22.4 Å². The zero-order valence-corrected chi connectivity index (χ0v) is 18.0. The number of carbonyl (C=O) groups excluding carboxylic acids is 1. The number of anilines is 1. The van der Waals surface area contributed by atoms with Gasteiger partial charge in [0, 0.05) is 29.0 Å². The number of hydrogen-bond donors (Lipinski definition) is 2. The fraction of sp³-hybridized carbons (Fsp3) is 0.0833. The van der Waals surface area contributed by atoms with Gasteiger partial charge in [0.2, 0.25) is 0 Å². The van der Waals surface area contributed by atoms with Crippen molar-refractivity contribution in [1.29, 1.82) is 0 Å². The molecule has 1 aromatic carbocycles. The Morgan fingerprint density at radius 1 is 1.03 bits per heavy atom. The molecule has 5 rings (SSSR count). The number of alkyl halides is 3. The van der Waals surface area contributed by atoms with Gasteiger partial charge in [0.25, 0.3) is 0 Å². The van der Waals surface area contributed by atoms with E-state index in [9.17, 15) is 18.0 Å². The number of halogens is 3. The van der Waals surface area contributed by atoms with Crippen LogP contribution in [0.25, 0.3) is 27.8 Å². The molecule has 0 saturated heterocycles. The summed E-state index contributed by atoms with van der Waals surface area (Å²) in [6.07, 6.45) is 1.74. The maximum absolute atomic E-state index is 13.0. The summed E-state index contributed by atoms with van der Waals surface area (Å²) >= 11 is 0. The molecular formula is C24H17F3N6O2. The molecule has 4 aromatic heterocycles. The maximum Gasteiger partial charge on any atom is 0.433 e. The highest BCUT2D eigenvalue weighted by Crippen LogP contribution is 2.30. The van der Waals surface area contributed by atoms with Crippen LogP contribution >= 0.6 is 0 Å². The zero-order chi connectivity index (χ0) is 24.4. The summed E-state index contributed by atoms with van der Waals surface area (Å²) in [5.41, 5.74) is 1.39.